The molecule has 0 spiro atoms. The van der Waals surface area contributed by atoms with Crippen LogP contribution in [0.3, 0.4) is 0 Å². The van der Waals surface area contributed by atoms with E-state index in [2.05, 4.69) is 5.32 Å². The Morgan fingerprint density at radius 2 is 1.83 bits per heavy atom. The number of carbonyl (C=O) groups excluding carboxylic acids is 1. The predicted molar refractivity (Wildman–Crippen MR) is 151 cm³/mol. The first-order valence-electron chi connectivity index (χ1n) is 11.3. The quantitative estimate of drug-likeness (QED) is 0.187. The Balaban J connectivity index is 1.56. The first kappa shape index (κ1) is 24.3. The number of halogens is 1. The number of anilines is 1. The molecule has 180 valence electrons. The summed E-state index contributed by atoms with van der Waals surface area (Å²) in [6, 6.07) is 24.9. The first-order chi connectivity index (χ1) is 17.4. The van der Waals surface area contributed by atoms with E-state index >= 15 is 0 Å². The fourth-order valence-electron chi connectivity index (χ4n) is 3.87. The molecule has 5 aromatic rings. The maximum atomic E-state index is 13.8. The highest BCUT2D eigenvalue weighted by atomic mass is 35.5. The van der Waals surface area contributed by atoms with Crippen LogP contribution in [0, 0.1) is 13.8 Å². The number of rotatable bonds is 6. The highest BCUT2D eigenvalue weighted by Gasteiger charge is 2.19. The minimum Gasteiger partial charge on any atom is -0.325 e. The van der Waals surface area contributed by atoms with E-state index in [1.165, 1.54) is 23.1 Å². The molecule has 0 radical (unpaired) electrons. The van der Waals surface area contributed by atoms with Crippen LogP contribution in [-0.2, 0) is 4.79 Å². The van der Waals surface area contributed by atoms with Crippen molar-refractivity contribution in [1.29, 1.82) is 0 Å². The lowest BCUT2D eigenvalue weighted by atomic mass is 10.1. The zero-order chi connectivity index (χ0) is 25.2. The van der Waals surface area contributed by atoms with Crippen LogP contribution in [-0.4, -0.2) is 21.2 Å². The zero-order valence-electron chi connectivity index (χ0n) is 19.6. The lowest BCUT2D eigenvalue weighted by Gasteiger charge is -2.15. The SMILES string of the molecule is Cc1ccc(C)c(-n2c(SCC(=O)Nc3cccc(Cl)c3)nc3cc(-c4ccccc4)sc3c2=O)c1. The number of thioether (sulfide) groups is 1. The van der Waals surface area contributed by atoms with E-state index in [9.17, 15) is 9.59 Å². The Kier molecular flexibility index (Phi) is 6.96. The molecular formula is C28H22ClN3O2S2. The predicted octanol–water partition coefficient (Wildman–Crippen LogP) is 7.12. The van der Waals surface area contributed by atoms with Crippen LogP contribution < -0.4 is 10.9 Å². The molecule has 0 aliphatic carbocycles. The van der Waals surface area contributed by atoms with E-state index in [1.807, 2.05) is 68.4 Å². The molecule has 0 bridgehead atoms. The first-order valence-corrected chi connectivity index (χ1v) is 13.4. The molecule has 0 unspecified atom stereocenters. The molecule has 2 heterocycles. The van der Waals surface area contributed by atoms with Gasteiger partial charge < -0.3 is 5.32 Å². The second-order valence-electron chi connectivity index (χ2n) is 8.36. The zero-order valence-corrected chi connectivity index (χ0v) is 22.0. The van der Waals surface area contributed by atoms with Gasteiger partial charge in [0.1, 0.15) is 4.70 Å². The van der Waals surface area contributed by atoms with Crippen molar-refractivity contribution in [2.75, 3.05) is 11.1 Å². The second-order valence-corrected chi connectivity index (χ2v) is 10.8. The van der Waals surface area contributed by atoms with Gasteiger partial charge in [-0.3, -0.25) is 14.2 Å². The number of hydrogen-bond acceptors (Lipinski definition) is 5. The average Bonchev–Trinajstić information content (AvgIpc) is 3.30. The molecule has 0 saturated carbocycles. The van der Waals surface area contributed by atoms with Crippen molar-refractivity contribution in [2.45, 2.75) is 19.0 Å². The van der Waals surface area contributed by atoms with Crippen molar-refractivity contribution in [2.24, 2.45) is 0 Å². The molecule has 5 nitrogen and oxygen atoms in total. The van der Waals surface area contributed by atoms with Crippen LogP contribution in [0.5, 0.6) is 0 Å². The number of carbonyl (C=O) groups is 1. The molecule has 5 rings (SSSR count). The van der Waals surface area contributed by atoms with Gasteiger partial charge in [-0.2, -0.15) is 0 Å². The number of thiophene rings is 1. The molecule has 8 heteroatoms. The second kappa shape index (κ2) is 10.3. The summed E-state index contributed by atoms with van der Waals surface area (Å²) in [4.78, 5) is 32.4. The molecular weight excluding hydrogens is 510 g/mol. The molecule has 1 N–H and O–H groups in total. The summed E-state index contributed by atoms with van der Waals surface area (Å²) in [5.41, 5.74) is 4.90. The molecule has 2 aromatic heterocycles. The molecule has 0 aliphatic heterocycles. The fraction of sp³-hybridized carbons (Fsp3) is 0.107. The lowest BCUT2D eigenvalue weighted by Crippen LogP contribution is -2.23. The molecule has 0 fully saturated rings. The molecule has 0 aliphatic rings. The Morgan fingerprint density at radius 3 is 2.61 bits per heavy atom. The van der Waals surface area contributed by atoms with Gasteiger partial charge in [-0.05, 0) is 60.9 Å². The smallest absolute Gasteiger partial charge is 0.276 e. The van der Waals surface area contributed by atoms with E-state index in [1.54, 1.807) is 28.8 Å². The Bertz CT molecular complexity index is 1640. The van der Waals surface area contributed by atoms with Gasteiger partial charge in [0.25, 0.3) is 5.56 Å². The standard InChI is InChI=1S/C28H22ClN3O2S2/c1-17-11-12-18(2)23(13-17)32-27(34)26-22(15-24(36-26)19-7-4-3-5-8-19)31-28(32)35-16-25(33)30-21-10-6-9-20(29)14-21/h3-15H,16H2,1-2H3,(H,30,33). The highest BCUT2D eigenvalue weighted by molar-refractivity contribution is 7.99. The summed E-state index contributed by atoms with van der Waals surface area (Å²) in [7, 11) is 0. The fourth-order valence-corrected chi connectivity index (χ4v) is 5.89. The number of nitrogens with one attached hydrogen (secondary N) is 1. The maximum Gasteiger partial charge on any atom is 0.276 e. The van der Waals surface area contributed by atoms with Crippen LogP contribution >= 0.6 is 34.7 Å². The van der Waals surface area contributed by atoms with Crippen LogP contribution in [0.15, 0.2) is 88.8 Å². The van der Waals surface area contributed by atoms with E-state index in [0.29, 0.717) is 26.1 Å². The van der Waals surface area contributed by atoms with E-state index in [0.717, 1.165) is 27.3 Å². The summed E-state index contributed by atoms with van der Waals surface area (Å²) in [6.45, 7) is 3.96. The third-order valence-corrected chi connectivity index (χ3v) is 7.96. The van der Waals surface area contributed by atoms with Gasteiger partial charge in [-0.15, -0.1) is 11.3 Å². The van der Waals surface area contributed by atoms with Crippen molar-refractivity contribution in [3.05, 3.63) is 105 Å². The van der Waals surface area contributed by atoms with Gasteiger partial charge >= 0.3 is 0 Å². The van der Waals surface area contributed by atoms with Gasteiger partial charge in [0, 0.05) is 15.6 Å². The number of fused-ring (bicyclic) bond motifs is 1. The van der Waals surface area contributed by atoms with Crippen LogP contribution in [0.2, 0.25) is 5.02 Å². The van der Waals surface area contributed by atoms with Crippen molar-refractivity contribution in [3.8, 4) is 16.1 Å². The summed E-state index contributed by atoms with van der Waals surface area (Å²) in [5, 5.41) is 3.87. The summed E-state index contributed by atoms with van der Waals surface area (Å²) in [5.74, 6) is -0.121. The molecule has 36 heavy (non-hydrogen) atoms. The van der Waals surface area contributed by atoms with Gasteiger partial charge in [0.05, 0.1) is 17.0 Å². The highest BCUT2D eigenvalue weighted by Crippen LogP contribution is 2.33. The van der Waals surface area contributed by atoms with Crippen LogP contribution in [0.4, 0.5) is 5.69 Å². The topological polar surface area (TPSA) is 64.0 Å². The van der Waals surface area contributed by atoms with E-state index in [4.69, 9.17) is 16.6 Å². The minimum atomic E-state index is -0.209. The number of amides is 1. The number of aromatic nitrogens is 2. The summed E-state index contributed by atoms with van der Waals surface area (Å²) < 4.78 is 2.22. The van der Waals surface area contributed by atoms with Gasteiger partial charge in [-0.1, -0.05) is 71.9 Å². The normalized spacial score (nSPS) is 11.1. The average molecular weight is 532 g/mol. The Morgan fingerprint density at radius 1 is 1.03 bits per heavy atom. The van der Waals surface area contributed by atoms with Crippen molar-refractivity contribution >= 4 is 56.5 Å². The van der Waals surface area contributed by atoms with Gasteiger partial charge in [0.15, 0.2) is 5.16 Å². The maximum absolute atomic E-state index is 13.8. The third-order valence-electron chi connectivity index (χ3n) is 5.62. The minimum absolute atomic E-state index is 0.0883. The van der Waals surface area contributed by atoms with E-state index in [-0.39, 0.29) is 17.2 Å². The number of hydrogen-bond donors (Lipinski definition) is 1. The number of benzene rings is 3. The summed E-state index contributed by atoms with van der Waals surface area (Å²) >= 11 is 8.70. The third kappa shape index (κ3) is 5.09. The lowest BCUT2D eigenvalue weighted by molar-refractivity contribution is -0.113. The van der Waals surface area contributed by atoms with Gasteiger partial charge in [0.2, 0.25) is 5.91 Å². The van der Waals surface area contributed by atoms with Crippen molar-refractivity contribution < 1.29 is 4.79 Å². The largest absolute Gasteiger partial charge is 0.325 e. The molecule has 1 amide bonds. The van der Waals surface area contributed by atoms with Crippen LogP contribution in [0.1, 0.15) is 11.1 Å². The van der Waals surface area contributed by atoms with Crippen molar-refractivity contribution in [1.82, 2.24) is 9.55 Å². The van der Waals surface area contributed by atoms with E-state index < -0.39 is 0 Å². The van der Waals surface area contributed by atoms with Gasteiger partial charge in [-0.25, -0.2) is 4.98 Å². The monoisotopic (exact) mass is 531 g/mol. The number of aryl methyl sites for hydroxylation is 2. The molecule has 0 atom stereocenters. The Hall–Kier alpha value is -3.39. The molecule has 0 saturated heterocycles. The Labute approximate surface area is 221 Å². The van der Waals surface area contributed by atoms with Crippen molar-refractivity contribution in [3.63, 3.8) is 0 Å². The van der Waals surface area contributed by atoms with Crippen LogP contribution in [0.25, 0.3) is 26.3 Å². The molecule has 3 aromatic carbocycles. The number of nitrogens with zero attached hydrogens (tertiary/aromatic N) is 2. The summed E-state index contributed by atoms with van der Waals surface area (Å²) in [6.07, 6.45) is 0.